The van der Waals surface area contributed by atoms with Gasteiger partial charge in [0.05, 0.1) is 10.2 Å². The summed E-state index contributed by atoms with van der Waals surface area (Å²) in [5, 5.41) is 0. The number of ketones is 1. The smallest absolute Gasteiger partial charge is 0.303 e. The highest BCUT2D eigenvalue weighted by Gasteiger charge is 2.25. The molecule has 1 aromatic heterocycles. The summed E-state index contributed by atoms with van der Waals surface area (Å²) in [6, 6.07) is 13.8. The Hall–Kier alpha value is -2.31. The summed E-state index contributed by atoms with van der Waals surface area (Å²) in [5.41, 5.74) is 1.62. The van der Waals surface area contributed by atoms with Gasteiger partial charge in [0.2, 0.25) is 0 Å². The molecule has 0 atom stereocenters. The maximum absolute atomic E-state index is 13.0. The van der Waals surface area contributed by atoms with Crippen molar-refractivity contribution in [3.8, 4) is 0 Å². The molecule has 0 saturated carbocycles. The highest BCUT2D eigenvalue weighted by Crippen LogP contribution is 2.22. The average Bonchev–Trinajstić information content (AvgIpc) is 3.04. The number of hydrogen-bond acceptors (Lipinski definition) is 4. The molecule has 0 unspecified atom stereocenters. The first-order valence-corrected chi connectivity index (χ1v) is 10.5. The number of fused-ring (bicyclic) bond motifs is 1. The summed E-state index contributed by atoms with van der Waals surface area (Å²) in [4.78, 5) is 27.2. The molecule has 2 aromatic carbocycles. The number of aryl methyl sites for hydroxylation is 1. The van der Waals surface area contributed by atoms with E-state index in [1.54, 1.807) is 12.1 Å². The van der Waals surface area contributed by atoms with Crippen LogP contribution in [0.1, 0.15) is 29.6 Å². The van der Waals surface area contributed by atoms with Crippen molar-refractivity contribution in [2.45, 2.75) is 25.8 Å². The highest BCUT2D eigenvalue weighted by molar-refractivity contribution is 7.16. The Balaban J connectivity index is 1.28. The standard InChI is InChI=1S/C22H23FN2O2S/c23-18-8-6-16(7-9-18)21(26)17-10-14-24(15-11-17)12-3-13-25-19-4-1-2-5-20(19)28-22(25)27/h1-2,4-9,17H,3,10-15H2. The number of halogens is 1. The van der Waals surface area contributed by atoms with E-state index in [-0.39, 0.29) is 22.4 Å². The predicted octanol–water partition coefficient (Wildman–Crippen LogP) is 4.19. The Bertz CT molecular complexity index is 1020. The summed E-state index contributed by atoms with van der Waals surface area (Å²) in [6.07, 6.45) is 2.58. The van der Waals surface area contributed by atoms with Gasteiger partial charge in [0.25, 0.3) is 0 Å². The van der Waals surface area contributed by atoms with Crippen LogP contribution in [-0.2, 0) is 6.54 Å². The second-order valence-electron chi connectivity index (χ2n) is 7.33. The molecule has 4 nitrogen and oxygen atoms in total. The molecule has 4 rings (SSSR count). The van der Waals surface area contributed by atoms with Crippen molar-refractivity contribution in [3.05, 3.63) is 69.6 Å². The molecule has 0 bridgehead atoms. The van der Waals surface area contributed by atoms with E-state index in [1.807, 2.05) is 28.8 Å². The highest BCUT2D eigenvalue weighted by atomic mass is 32.1. The van der Waals surface area contributed by atoms with Gasteiger partial charge in [-0.3, -0.25) is 14.2 Å². The number of piperidine rings is 1. The number of likely N-dealkylation sites (tertiary alicyclic amines) is 1. The molecule has 146 valence electrons. The number of Topliss-reactive ketones (excluding diaryl/α,β-unsaturated/α-hetero) is 1. The second-order valence-corrected chi connectivity index (χ2v) is 8.32. The minimum atomic E-state index is -0.316. The summed E-state index contributed by atoms with van der Waals surface area (Å²) in [7, 11) is 0. The SMILES string of the molecule is O=C(c1ccc(F)cc1)C1CCN(CCCn2c(=O)sc3ccccc32)CC1. The van der Waals surface area contributed by atoms with Gasteiger partial charge in [-0.2, -0.15) is 0 Å². The number of nitrogens with zero attached hydrogens (tertiary/aromatic N) is 2. The third kappa shape index (κ3) is 4.08. The van der Waals surface area contributed by atoms with E-state index >= 15 is 0 Å². The Morgan fingerprint density at radius 1 is 1.04 bits per heavy atom. The number of para-hydroxylation sites is 1. The van der Waals surface area contributed by atoms with Gasteiger partial charge in [0.1, 0.15) is 5.82 Å². The summed E-state index contributed by atoms with van der Waals surface area (Å²) in [6.45, 7) is 3.42. The molecule has 28 heavy (non-hydrogen) atoms. The molecule has 6 heteroatoms. The lowest BCUT2D eigenvalue weighted by atomic mass is 9.89. The van der Waals surface area contributed by atoms with Gasteiger partial charge in [0.15, 0.2) is 5.78 Å². The molecular formula is C22H23FN2O2S. The zero-order valence-electron chi connectivity index (χ0n) is 15.6. The molecule has 1 aliphatic heterocycles. The topological polar surface area (TPSA) is 42.3 Å². The quantitative estimate of drug-likeness (QED) is 0.585. The van der Waals surface area contributed by atoms with Gasteiger partial charge < -0.3 is 4.90 Å². The van der Waals surface area contributed by atoms with E-state index in [0.29, 0.717) is 5.56 Å². The van der Waals surface area contributed by atoms with Gasteiger partial charge in [-0.05, 0) is 75.3 Å². The number of carbonyl (C=O) groups excluding carboxylic acids is 1. The van der Waals surface area contributed by atoms with Gasteiger partial charge >= 0.3 is 4.87 Å². The molecule has 3 aromatic rings. The van der Waals surface area contributed by atoms with Gasteiger partial charge in [0, 0.05) is 18.0 Å². The van der Waals surface area contributed by atoms with Crippen LogP contribution in [0, 0.1) is 11.7 Å². The van der Waals surface area contributed by atoms with E-state index in [0.717, 1.165) is 55.7 Å². The van der Waals surface area contributed by atoms with Gasteiger partial charge in [-0.25, -0.2) is 4.39 Å². The molecule has 0 aliphatic carbocycles. The number of aromatic nitrogens is 1. The number of carbonyl (C=O) groups is 1. The van der Waals surface area contributed by atoms with Crippen molar-refractivity contribution in [3.63, 3.8) is 0 Å². The second kappa shape index (κ2) is 8.37. The lowest BCUT2D eigenvalue weighted by Gasteiger charge is -2.31. The summed E-state index contributed by atoms with van der Waals surface area (Å²) >= 11 is 1.30. The molecule has 1 fully saturated rings. The molecule has 2 heterocycles. The van der Waals surface area contributed by atoms with Crippen LogP contribution in [0.15, 0.2) is 53.3 Å². The fraction of sp³-hybridized carbons (Fsp3) is 0.364. The van der Waals surface area contributed by atoms with Crippen LogP contribution in [-0.4, -0.2) is 34.9 Å². The third-order valence-electron chi connectivity index (χ3n) is 5.52. The first-order valence-electron chi connectivity index (χ1n) is 9.72. The lowest BCUT2D eigenvalue weighted by molar-refractivity contribution is 0.0838. The van der Waals surface area contributed by atoms with Crippen molar-refractivity contribution in [2.24, 2.45) is 5.92 Å². The minimum Gasteiger partial charge on any atom is -0.303 e. The molecule has 0 amide bonds. The van der Waals surface area contributed by atoms with Crippen LogP contribution in [0.5, 0.6) is 0 Å². The zero-order valence-corrected chi connectivity index (χ0v) is 16.5. The van der Waals surface area contributed by atoms with Crippen molar-refractivity contribution in [1.82, 2.24) is 9.47 Å². The average molecular weight is 399 g/mol. The lowest BCUT2D eigenvalue weighted by Crippen LogP contribution is -2.37. The van der Waals surface area contributed by atoms with Crippen LogP contribution >= 0.6 is 11.3 Å². The maximum Gasteiger partial charge on any atom is 0.308 e. The molecular weight excluding hydrogens is 375 g/mol. The van der Waals surface area contributed by atoms with E-state index in [1.165, 1.54) is 23.5 Å². The summed E-state index contributed by atoms with van der Waals surface area (Å²) < 4.78 is 15.9. The minimum absolute atomic E-state index is 0.0187. The molecule has 0 N–H and O–H groups in total. The fourth-order valence-electron chi connectivity index (χ4n) is 3.95. The molecule has 1 aliphatic rings. The van der Waals surface area contributed by atoms with Crippen molar-refractivity contribution >= 4 is 27.3 Å². The van der Waals surface area contributed by atoms with Gasteiger partial charge in [-0.15, -0.1) is 0 Å². The van der Waals surface area contributed by atoms with Crippen LogP contribution in [0.3, 0.4) is 0 Å². The third-order valence-corrected chi connectivity index (χ3v) is 6.48. The van der Waals surface area contributed by atoms with Crippen LogP contribution in [0.25, 0.3) is 10.2 Å². The van der Waals surface area contributed by atoms with Crippen molar-refractivity contribution in [2.75, 3.05) is 19.6 Å². The Labute approximate surface area is 167 Å². The van der Waals surface area contributed by atoms with Crippen LogP contribution in [0.4, 0.5) is 4.39 Å². The Morgan fingerprint density at radius 3 is 2.50 bits per heavy atom. The van der Waals surface area contributed by atoms with Crippen LogP contribution < -0.4 is 4.87 Å². The number of benzene rings is 2. The van der Waals surface area contributed by atoms with Crippen molar-refractivity contribution in [1.29, 1.82) is 0 Å². The monoisotopic (exact) mass is 398 g/mol. The molecule has 1 saturated heterocycles. The number of thiazole rings is 1. The van der Waals surface area contributed by atoms with E-state index < -0.39 is 0 Å². The van der Waals surface area contributed by atoms with Gasteiger partial charge in [-0.1, -0.05) is 23.5 Å². The maximum atomic E-state index is 13.0. The fourth-order valence-corrected chi connectivity index (χ4v) is 4.86. The summed E-state index contributed by atoms with van der Waals surface area (Å²) in [5.74, 6) is -0.176. The van der Waals surface area contributed by atoms with Crippen molar-refractivity contribution < 1.29 is 9.18 Å². The zero-order chi connectivity index (χ0) is 19.5. The Morgan fingerprint density at radius 2 is 1.75 bits per heavy atom. The number of hydrogen-bond donors (Lipinski definition) is 0. The van der Waals surface area contributed by atoms with E-state index in [2.05, 4.69) is 4.90 Å². The first kappa shape index (κ1) is 19.0. The van der Waals surface area contributed by atoms with E-state index in [9.17, 15) is 14.0 Å². The first-order chi connectivity index (χ1) is 13.6. The molecule has 0 radical (unpaired) electrons. The Kier molecular flexibility index (Phi) is 5.69. The van der Waals surface area contributed by atoms with E-state index in [4.69, 9.17) is 0 Å². The largest absolute Gasteiger partial charge is 0.308 e. The molecule has 0 spiro atoms. The van der Waals surface area contributed by atoms with Crippen LogP contribution in [0.2, 0.25) is 0 Å². The predicted molar refractivity (Wildman–Crippen MR) is 111 cm³/mol. The normalized spacial score (nSPS) is 15.9. The number of rotatable bonds is 6.